The first-order valence-corrected chi connectivity index (χ1v) is 10.4. The lowest BCUT2D eigenvalue weighted by Crippen LogP contribution is -2.11. The number of aryl methyl sites for hydroxylation is 1. The summed E-state index contributed by atoms with van der Waals surface area (Å²) in [6, 6.07) is 11.0. The molecule has 138 valence electrons. The van der Waals surface area contributed by atoms with E-state index in [2.05, 4.69) is 39.7 Å². The number of nitrogens with one attached hydrogen (secondary N) is 1. The van der Waals surface area contributed by atoms with E-state index in [4.69, 9.17) is 8.94 Å². The van der Waals surface area contributed by atoms with Crippen molar-refractivity contribution in [1.29, 1.82) is 0 Å². The van der Waals surface area contributed by atoms with Crippen molar-refractivity contribution >= 4 is 31.8 Å². The van der Waals surface area contributed by atoms with Gasteiger partial charge in [-0.15, -0.1) is 0 Å². The van der Waals surface area contributed by atoms with Gasteiger partial charge < -0.3 is 8.94 Å². The Balaban J connectivity index is 1.81. The second-order valence-electron chi connectivity index (χ2n) is 6.43. The van der Waals surface area contributed by atoms with Crippen LogP contribution >= 0.6 is 15.9 Å². The molecule has 0 saturated carbocycles. The molecule has 6 nitrogen and oxygen atoms in total. The fraction of sp³-hybridized carbons (Fsp3) is 0.278. The second kappa shape index (κ2) is 7.28. The third-order valence-corrected chi connectivity index (χ3v) is 5.88. The fourth-order valence-electron chi connectivity index (χ4n) is 2.49. The molecule has 0 spiro atoms. The molecule has 2 heterocycles. The third kappa shape index (κ3) is 4.02. The molecular formula is C18H19BrN2O4S. The summed E-state index contributed by atoms with van der Waals surface area (Å²) in [6.07, 6.45) is 0.994. The first-order valence-electron chi connectivity index (χ1n) is 8.10. The van der Waals surface area contributed by atoms with E-state index in [1.54, 1.807) is 13.0 Å². The Morgan fingerprint density at radius 3 is 2.42 bits per heavy atom. The van der Waals surface area contributed by atoms with Crippen LogP contribution in [0.4, 0.5) is 5.88 Å². The van der Waals surface area contributed by atoms with Crippen LogP contribution in [-0.4, -0.2) is 13.6 Å². The van der Waals surface area contributed by atoms with Crippen molar-refractivity contribution in [3.05, 3.63) is 52.1 Å². The van der Waals surface area contributed by atoms with Crippen molar-refractivity contribution in [1.82, 2.24) is 5.16 Å². The summed E-state index contributed by atoms with van der Waals surface area (Å²) < 4.78 is 38.2. The van der Waals surface area contributed by atoms with Crippen LogP contribution in [0.1, 0.15) is 25.1 Å². The lowest BCUT2D eigenvalue weighted by molar-refractivity contribution is 0.428. The van der Waals surface area contributed by atoms with E-state index in [9.17, 15) is 8.42 Å². The van der Waals surface area contributed by atoms with Gasteiger partial charge in [-0.2, -0.15) is 8.42 Å². The Hall–Kier alpha value is -2.06. The normalized spacial score (nSPS) is 11.9. The van der Waals surface area contributed by atoms with Crippen LogP contribution in [-0.2, 0) is 16.4 Å². The SMILES string of the molecule is Cc1noc(NS(=O)(=O)c2ccc(-c3ccc(CC(C)C)cc3)o2)c1Br. The maximum Gasteiger partial charge on any atom is 0.297 e. The van der Waals surface area contributed by atoms with Crippen molar-refractivity contribution in [3.8, 4) is 11.3 Å². The lowest BCUT2D eigenvalue weighted by Gasteiger charge is -2.05. The van der Waals surface area contributed by atoms with Crippen molar-refractivity contribution in [3.63, 3.8) is 0 Å². The number of hydrogen-bond acceptors (Lipinski definition) is 5. The summed E-state index contributed by atoms with van der Waals surface area (Å²) in [7, 11) is -3.91. The van der Waals surface area contributed by atoms with Gasteiger partial charge in [-0.05, 0) is 52.9 Å². The van der Waals surface area contributed by atoms with Gasteiger partial charge in [0, 0.05) is 5.56 Å². The molecule has 0 aliphatic rings. The summed E-state index contributed by atoms with van der Waals surface area (Å²) in [5.41, 5.74) is 2.59. The maximum absolute atomic E-state index is 12.5. The predicted molar refractivity (Wildman–Crippen MR) is 102 cm³/mol. The highest BCUT2D eigenvalue weighted by Crippen LogP contribution is 2.30. The minimum atomic E-state index is -3.91. The summed E-state index contributed by atoms with van der Waals surface area (Å²) in [6.45, 7) is 6.03. The van der Waals surface area contributed by atoms with E-state index in [1.165, 1.54) is 11.6 Å². The summed E-state index contributed by atoms with van der Waals surface area (Å²) in [5.74, 6) is 1.07. The van der Waals surface area contributed by atoms with Crippen molar-refractivity contribution < 1.29 is 17.4 Å². The number of sulfonamides is 1. The first kappa shape index (κ1) is 18.7. The van der Waals surface area contributed by atoms with E-state index in [0.29, 0.717) is 21.8 Å². The summed E-state index contributed by atoms with van der Waals surface area (Å²) in [5, 5.41) is 3.50. The van der Waals surface area contributed by atoms with E-state index in [1.807, 2.05) is 24.3 Å². The Bertz CT molecular complexity index is 1000. The molecule has 0 bridgehead atoms. The first-order chi connectivity index (χ1) is 12.3. The Labute approximate surface area is 160 Å². The molecule has 0 aliphatic carbocycles. The molecule has 8 heteroatoms. The van der Waals surface area contributed by atoms with Crippen molar-refractivity contribution in [2.45, 2.75) is 32.3 Å². The Morgan fingerprint density at radius 2 is 1.85 bits per heavy atom. The highest BCUT2D eigenvalue weighted by Gasteiger charge is 2.23. The number of benzene rings is 1. The number of anilines is 1. The minimum absolute atomic E-state index is 0.0125. The van der Waals surface area contributed by atoms with Gasteiger partial charge in [-0.1, -0.05) is 43.3 Å². The molecule has 0 aliphatic heterocycles. The van der Waals surface area contributed by atoms with Crippen molar-refractivity contribution in [2.24, 2.45) is 5.92 Å². The number of rotatable bonds is 6. The molecule has 2 aromatic heterocycles. The van der Waals surface area contributed by atoms with Gasteiger partial charge in [0.15, 0.2) is 0 Å². The molecule has 0 atom stereocenters. The van der Waals surface area contributed by atoms with Gasteiger partial charge in [0.2, 0.25) is 5.09 Å². The van der Waals surface area contributed by atoms with E-state index in [-0.39, 0.29) is 11.0 Å². The number of halogens is 1. The van der Waals surface area contributed by atoms with E-state index >= 15 is 0 Å². The fourth-order valence-corrected chi connectivity index (χ4v) is 3.80. The summed E-state index contributed by atoms with van der Waals surface area (Å²) >= 11 is 3.23. The number of aromatic nitrogens is 1. The number of furan rings is 1. The lowest BCUT2D eigenvalue weighted by atomic mass is 10.0. The highest BCUT2D eigenvalue weighted by molar-refractivity contribution is 9.10. The quantitative estimate of drug-likeness (QED) is 0.584. The monoisotopic (exact) mass is 438 g/mol. The number of nitrogens with zero attached hydrogens (tertiary/aromatic N) is 1. The third-order valence-electron chi connectivity index (χ3n) is 3.75. The molecule has 0 radical (unpaired) electrons. The average Bonchev–Trinajstić information content (AvgIpc) is 3.18. The molecule has 0 fully saturated rings. The molecule has 1 aromatic carbocycles. The topological polar surface area (TPSA) is 85.3 Å². The van der Waals surface area contributed by atoms with Gasteiger partial charge in [0.1, 0.15) is 10.2 Å². The minimum Gasteiger partial charge on any atom is -0.443 e. The van der Waals surface area contributed by atoms with Gasteiger partial charge in [-0.25, -0.2) is 4.72 Å². The number of hydrogen-bond donors (Lipinski definition) is 1. The average molecular weight is 439 g/mol. The standard InChI is InChI=1S/C18H19BrN2O4S/c1-11(2)10-13-4-6-14(7-5-13)15-8-9-16(24-15)26(22,23)21-18-17(19)12(3)20-25-18/h4-9,11,21H,10H2,1-3H3. The molecule has 26 heavy (non-hydrogen) atoms. The van der Waals surface area contributed by atoms with Crippen LogP contribution in [0.25, 0.3) is 11.3 Å². The van der Waals surface area contributed by atoms with Crippen LogP contribution in [0.15, 0.2) is 54.9 Å². The molecule has 3 aromatic rings. The van der Waals surface area contributed by atoms with Crippen LogP contribution in [0.2, 0.25) is 0 Å². The van der Waals surface area contributed by atoms with Crippen molar-refractivity contribution in [2.75, 3.05) is 4.72 Å². The van der Waals surface area contributed by atoms with Crippen LogP contribution in [0.5, 0.6) is 0 Å². The molecule has 3 rings (SSSR count). The maximum atomic E-state index is 12.5. The van der Waals surface area contributed by atoms with E-state index < -0.39 is 10.0 Å². The van der Waals surface area contributed by atoms with Crippen LogP contribution < -0.4 is 4.72 Å². The van der Waals surface area contributed by atoms with Gasteiger partial charge >= 0.3 is 0 Å². The summed E-state index contributed by atoms with van der Waals surface area (Å²) in [4.78, 5) is 0. The smallest absolute Gasteiger partial charge is 0.297 e. The van der Waals surface area contributed by atoms with Crippen LogP contribution in [0, 0.1) is 12.8 Å². The molecular weight excluding hydrogens is 420 g/mol. The zero-order chi connectivity index (χ0) is 18.9. The van der Waals surface area contributed by atoms with Gasteiger partial charge in [0.25, 0.3) is 15.9 Å². The molecule has 1 N–H and O–H groups in total. The largest absolute Gasteiger partial charge is 0.443 e. The van der Waals surface area contributed by atoms with E-state index in [0.717, 1.165) is 12.0 Å². The zero-order valence-electron chi connectivity index (χ0n) is 14.6. The van der Waals surface area contributed by atoms with Gasteiger partial charge in [-0.3, -0.25) is 0 Å². The molecule has 0 amide bonds. The second-order valence-corrected chi connectivity index (χ2v) is 8.84. The Kier molecular flexibility index (Phi) is 5.24. The Morgan fingerprint density at radius 1 is 1.15 bits per heavy atom. The highest BCUT2D eigenvalue weighted by atomic mass is 79.9. The zero-order valence-corrected chi connectivity index (χ0v) is 17.0. The van der Waals surface area contributed by atoms with Gasteiger partial charge in [0.05, 0.1) is 5.69 Å². The van der Waals surface area contributed by atoms with Crippen LogP contribution in [0.3, 0.4) is 0 Å². The predicted octanol–water partition coefficient (Wildman–Crippen LogP) is 5.00. The molecule has 0 saturated heterocycles. The molecule has 0 unspecified atom stereocenters.